The number of nitrogen functional groups attached to an aromatic ring is 1. The number of likely N-dealkylation sites (tertiary alicyclic amines) is 1. The monoisotopic (exact) mass is 290 g/mol. The zero-order valence-corrected chi connectivity index (χ0v) is 12.7. The third-order valence-electron chi connectivity index (χ3n) is 3.93. The van der Waals surface area contributed by atoms with Crippen LogP contribution in [0.4, 0.5) is 16.3 Å². The van der Waals surface area contributed by atoms with Gasteiger partial charge in [0.1, 0.15) is 11.4 Å². The number of amides is 1. The van der Waals surface area contributed by atoms with Crippen molar-refractivity contribution >= 4 is 17.6 Å². The number of nitrogens with zero attached hydrogens (tertiary/aromatic N) is 3. The molecular formula is C15H22N4O2. The molecule has 2 fully saturated rings. The van der Waals surface area contributed by atoms with Gasteiger partial charge in [0.2, 0.25) is 0 Å². The summed E-state index contributed by atoms with van der Waals surface area (Å²) in [4.78, 5) is 20.7. The van der Waals surface area contributed by atoms with Crippen LogP contribution in [-0.2, 0) is 4.74 Å². The number of pyridine rings is 1. The first-order valence-electron chi connectivity index (χ1n) is 7.31. The minimum Gasteiger partial charge on any atom is -0.444 e. The van der Waals surface area contributed by atoms with Crippen molar-refractivity contribution in [2.24, 2.45) is 0 Å². The van der Waals surface area contributed by atoms with E-state index in [0.29, 0.717) is 18.3 Å². The molecule has 0 aromatic carbocycles. The Hall–Kier alpha value is -1.98. The molecule has 114 valence electrons. The van der Waals surface area contributed by atoms with Gasteiger partial charge < -0.3 is 20.3 Å². The van der Waals surface area contributed by atoms with E-state index in [1.165, 1.54) is 0 Å². The summed E-state index contributed by atoms with van der Waals surface area (Å²) in [6.07, 6.45) is 2.44. The van der Waals surface area contributed by atoms with E-state index >= 15 is 0 Å². The summed E-state index contributed by atoms with van der Waals surface area (Å²) in [5.74, 6) is 0.931. The second-order valence-corrected chi connectivity index (χ2v) is 6.78. The summed E-state index contributed by atoms with van der Waals surface area (Å²) in [7, 11) is 0. The highest BCUT2D eigenvalue weighted by Gasteiger charge is 2.46. The van der Waals surface area contributed by atoms with E-state index in [1.807, 2.05) is 37.8 Å². The smallest absolute Gasteiger partial charge is 0.410 e. The van der Waals surface area contributed by atoms with Gasteiger partial charge in [-0.25, -0.2) is 9.78 Å². The number of hydrogen-bond donors (Lipinski definition) is 1. The van der Waals surface area contributed by atoms with E-state index < -0.39 is 5.60 Å². The normalized spacial score (nSPS) is 24.5. The Morgan fingerprint density at radius 3 is 2.62 bits per heavy atom. The van der Waals surface area contributed by atoms with Crippen molar-refractivity contribution in [1.29, 1.82) is 0 Å². The number of carbonyl (C=O) groups is 1. The standard InChI is InChI=1S/C15H22N4O2/c1-15(2,3)21-14(20)19-9-11-6-12(19)8-18(11)13-5-4-10(16)7-17-13/h4-5,7,11-12H,6,8-9,16H2,1-3H3/t11-,12-/m0/s1. The van der Waals surface area contributed by atoms with Crippen LogP contribution < -0.4 is 10.6 Å². The Bertz CT molecular complexity index is 538. The number of aromatic nitrogens is 1. The van der Waals surface area contributed by atoms with Crippen LogP contribution in [0.1, 0.15) is 27.2 Å². The summed E-state index contributed by atoms with van der Waals surface area (Å²) < 4.78 is 5.47. The molecule has 6 nitrogen and oxygen atoms in total. The van der Waals surface area contributed by atoms with Crippen LogP contribution in [-0.4, -0.2) is 46.8 Å². The maximum absolute atomic E-state index is 12.2. The highest BCUT2D eigenvalue weighted by atomic mass is 16.6. The summed E-state index contributed by atoms with van der Waals surface area (Å²) in [5.41, 5.74) is 5.89. The van der Waals surface area contributed by atoms with Crippen molar-refractivity contribution in [3.05, 3.63) is 18.3 Å². The van der Waals surface area contributed by atoms with Crippen molar-refractivity contribution in [3.8, 4) is 0 Å². The van der Waals surface area contributed by atoms with Crippen molar-refractivity contribution in [2.75, 3.05) is 23.7 Å². The number of piperazine rings is 1. The third kappa shape index (κ3) is 2.75. The lowest BCUT2D eigenvalue weighted by Gasteiger charge is -2.35. The van der Waals surface area contributed by atoms with Gasteiger partial charge in [0.15, 0.2) is 0 Å². The molecule has 6 heteroatoms. The zero-order chi connectivity index (χ0) is 15.2. The molecule has 2 atom stereocenters. The Morgan fingerprint density at radius 1 is 1.33 bits per heavy atom. The fraction of sp³-hybridized carbons (Fsp3) is 0.600. The minimum absolute atomic E-state index is 0.208. The van der Waals surface area contributed by atoms with E-state index in [1.54, 1.807) is 6.20 Å². The fourth-order valence-electron chi connectivity index (χ4n) is 3.06. The van der Waals surface area contributed by atoms with Crippen LogP contribution in [0.15, 0.2) is 18.3 Å². The average Bonchev–Trinajstić information content (AvgIpc) is 2.97. The highest BCUT2D eigenvalue weighted by molar-refractivity contribution is 5.70. The molecule has 3 heterocycles. The second kappa shape index (κ2) is 4.79. The minimum atomic E-state index is -0.447. The topological polar surface area (TPSA) is 71.7 Å². The van der Waals surface area contributed by atoms with E-state index in [0.717, 1.165) is 18.8 Å². The van der Waals surface area contributed by atoms with E-state index in [9.17, 15) is 4.79 Å². The molecule has 2 N–H and O–H groups in total. The van der Waals surface area contributed by atoms with Crippen molar-refractivity contribution < 1.29 is 9.53 Å². The van der Waals surface area contributed by atoms with Gasteiger partial charge in [-0.1, -0.05) is 0 Å². The van der Waals surface area contributed by atoms with Crippen LogP contribution in [0.3, 0.4) is 0 Å². The fourth-order valence-corrected chi connectivity index (χ4v) is 3.06. The van der Waals surface area contributed by atoms with Gasteiger partial charge in [0.05, 0.1) is 24.0 Å². The van der Waals surface area contributed by atoms with Gasteiger partial charge in [-0.05, 0) is 39.3 Å². The van der Waals surface area contributed by atoms with Crippen LogP contribution in [0, 0.1) is 0 Å². The summed E-state index contributed by atoms with van der Waals surface area (Å²) >= 11 is 0. The molecule has 0 saturated carbocycles. The molecule has 3 rings (SSSR count). The number of ether oxygens (including phenoxy) is 1. The predicted molar refractivity (Wildman–Crippen MR) is 81.1 cm³/mol. The number of carbonyl (C=O) groups excluding carboxylic acids is 1. The van der Waals surface area contributed by atoms with Gasteiger partial charge in [-0.2, -0.15) is 0 Å². The third-order valence-corrected chi connectivity index (χ3v) is 3.93. The number of nitrogens with two attached hydrogens (primary N) is 1. The molecule has 2 aliphatic heterocycles. The molecule has 0 aliphatic carbocycles. The molecule has 0 radical (unpaired) electrons. The maximum Gasteiger partial charge on any atom is 0.410 e. The Morgan fingerprint density at radius 2 is 2.10 bits per heavy atom. The van der Waals surface area contributed by atoms with Crippen molar-refractivity contribution in [2.45, 2.75) is 44.9 Å². The molecule has 2 saturated heterocycles. The summed E-state index contributed by atoms with van der Waals surface area (Å²) in [6.45, 7) is 7.18. The summed E-state index contributed by atoms with van der Waals surface area (Å²) in [6, 6.07) is 4.33. The number of hydrogen-bond acceptors (Lipinski definition) is 5. The molecule has 1 amide bonds. The number of rotatable bonds is 1. The maximum atomic E-state index is 12.2. The first-order chi connectivity index (χ1) is 9.83. The van der Waals surface area contributed by atoms with Crippen LogP contribution >= 0.6 is 0 Å². The van der Waals surface area contributed by atoms with E-state index in [-0.39, 0.29) is 12.1 Å². The van der Waals surface area contributed by atoms with Crippen LogP contribution in [0.25, 0.3) is 0 Å². The van der Waals surface area contributed by atoms with E-state index in [2.05, 4.69) is 9.88 Å². The van der Waals surface area contributed by atoms with Gasteiger partial charge in [-0.15, -0.1) is 0 Å². The first-order valence-corrected chi connectivity index (χ1v) is 7.31. The molecule has 21 heavy (non-hydrogen) atoms. The Balaban J connectivity index is 1.66. The average molecular weight is 290 g/mol. The molecular weight excluding hydrogens is 268 g/mol. The van der Waals surface area contributed by atoms with Crippen molar-refractivity contribution in [3.63, 3.8) is 0 Å². The lowest BCUT2D eigenvalue weighted by atomic mass is 10.2. The molecule has 2 aliphatic rings. The Kier molecular flexibility index (Phi) is 3.19. The zero-order valence-electron chi connectivity index (χ0n) is 12.7. The van der Waals surface area contributed by atoms with Gasteiger partial charge >= 0.3 is 6.09 Å². The molecule has 2 bridgehead atoms. The molecule has 1 aromatic rings. The lowest BCUT2D eigenvalue weighted by Crippen LogP contribution is -2.50. The number of fused-ring (bicyclic) bond motifs is 2. The molecule has 0 spiro atoms. The second-order valence-electron chi connectivity index (χ2n) is 6.78. The highest BCUT2D eigenvalue weighted by Crippen LogP contribution is 2.34. The largest absolute Gasteiger partial charge is 0.444 e. The Labute approximate surface area is 124 Å². The molecule has 0 unspecified atom stereocenters. The first kappa shape index (κ1) is 14.0. The van der Waals surface area contributed by atoms with Crippen molar-refractivity contribution in [1.82, 2.24) is 9.88 Å². The van der Waals surface area contributed by atoms with Crippen LogP contribution in [0.2, 0.25) is 0 Å². The van der Waals surface area contributed by atoms with Gasteiger partial charge in [0.25, 0.3) is 0 Å². The van der Waals surface area contributed by atoms with Gasteiger partial charge in [0, 0.05) is 13.1 Å². The van der Waals surface area contributed by atoms with E-state index in [4.69, 9.17) is 10.5 Å². The predicted octanol–water partition coefficient (Wildman–Crippen LogP) is 1.86. The number of anilines is 2. The lowest BCUT2D eigenvalue weighted by molar-refractivity contribution is 0.0214. The molecule has 1 aromatic heterocycles. The van der Waals surface area contributed by atoms with Gasteiger partial charge in [-0.3, -0.25) is 0 Å². The quantitative estimate of drug-likeness (QED) is 0.854. The summed E-state index contributed by atoms with van der Waals surface area (Å²) in [5, 5.41) is 0. The SMILES string of the molecule is CC(C)(C)OC(=O)N1C[C@@H]2C[C@H]1CN2c1ccc(N)cn1. The van der Waals surface area contributed by atoms with Crippen LogP contribution in [0.5, 0.6) is 0 Å².